The number of allylic oxidation sites excluding steroid dienone is 8. The van der Waals surface area contributed by atoms with Crippen LogP contribution in [0, 0.1) is 0 Å². The third-order valence-electron chi connectivity index (χ3n) is 9.17. The first-order valence-electron chi connectivity index (χ1n) is 21.1. The molecule has 0 atom stereocenters. The minimum Gasteiger partial charge on any atom is -0.393 e. The van der Waals surface area contributed by atoms with Crippen LogP contribution < -0.4 is 0 Å². The third-order valence-corrected chi connectivity index (χ3v) is 9.17. The van der Waals surface area contributed by atoms with Crippen molar-refractivity contribution in [1.29, 1.82) is 0 Å². The van der Waals surface area contributed by atoms with E-state index in [0.717, 1.165) is 51.5 Å². The molecule has 48 heavy (non-hydrogen) atoms. The lowest BCUT2D eigenvalue weighted by Gasteiger charge is -2.17. The SMILES string of the molecule is CCCCC/C=C\C/C=C\CCCCCCCCC(CCCCCCCC/C=C\C/C=C\CCCCC)ON=C(CCC)CCN(C)C. The molecule has 0 spiro atoms. The fourth-order valence-electron chi connectivity index (χ4n) is 5.98. The summed E-state index contributed by atoms with van der Waals surface area (Å²) in [5, 5.41) is 4.74. The van der Waals surface area contributed by atoms with Gasteiger partial charge < -0.3 is 9.74 Å². The highest BCUT2D eigenvalue weighted by Crippen LogP contribution is 2.18. The highest BCUT2D eigenvalue weighted by molar-refractivity contribution is 5.84. The number of hydrogen-bond donors (Lipinski definition) is 0. The number of unbranched alkanes of at least 4 members (excludes halogenated alkanes) is 18. The first-order chi connectivity index (χ1) is 23.6. The van der Waals surface area contributed by atoms with E-state index in [1.54, 1.807) is 0 Å². The van der Waals surface area contributed by atoms with Gasteiger partial charge >= 0.3 is 0 Å². The third kappa shape index (κ3) is 37.2. The molecule has 3 heteroatoms. The van der Waals surface area contributed by atoms with Crippen molar-refractivity contribution in [2.75, 3.05) is 20.6 Å². The zero-order valence-corrected chi connectivity index (χ0v) is 33.2. The summed E-state index contributed by atoms with van der Waals surface area (Å²) in [7, 11) is 4.29. The van der Waals surface area contributed by atoms with Gasteiger partial charge in [-0.3, -0.25) is 0 Å². The minimum atomic E-state index is 0.285. The molecular formula is C45H84N2O. The monoisotopic (exact) mass is 669 g/mol. The minimum absolute atomic E-state index is 0.285. The lowest BCUT2D eigenvalue weighted by atomic mass is 10.0. The van der Waals surface area contributed by atoms with Gasteiger partial charge in [0.15, 0.2) is 0 Å². The normalized spacial score (nSPS) is 12.9. The summed E-state index contributed by atoms with van der Waals surface area (Å²) in [4.78, 5) is 8.53. The predicted molar refractivity (Wildman–Crippen MR) is 218 cm³/mol. The summed E-state index contributed by atoms with van der Waals surface area (Å²) < 4.78 is 0. The highest BCUT2D eigenvalue weighted by atomic mass is 16.6. The van der Waals surface area contributed by atoms with E-state index in [1.807, 2.05) is 0 Å². The molecule has 0 N–H and O–H groups in total. The molecule has 0 bridgehead atoms. The molecule has 0 aromatic carbocycles. The van der Waals surface area contributed by atoms with Gasteiger partial charge in [-0.1, -0.05) is 158 Å². The topological polar surface area (TPSA) is 24.8 Å². The second-order valence-corrected chi connectivity index (χ2v) is 14.4. The second-order valence-electron chi connectivity index (χ2n) is 14.4. The molecule has 0 saturated carbocycles. The predicted octanol–water partition coefficient (Wildman–Crippen LogP) is 14.9. The van der Waals surface area contributed by atoms with E-state index in [4.69, 9.17) is 9.99 Å². The molecule has 0 amide bonds. The van der Waals surface area contributed by atoms with Crippen molar-refractivity contribution in [2.45, 2.75) is 213 Å². The molecular weight excluding hydrogens is 585 g/mol. The van der Waals surface area contributed by atoms with Crippen molar-refractivity contribution in [3.8, 4) is 0 Å². The molecule has 0 fully saturated rings. The fraction of sp³-hybridized carbons (Fsp3) is 0.800. The van der Waals surface area contributed by atoms with Gasteiger partial charge in [0.1, 0.15) is 6.10 Å². The van der Waals surface area contributed by atoms with Crippen molar-refractivity contribution in [2.24, 2.45) is 5.16 Å². The van der Waals surface area contributed by atoms with Crippen LogP contribution >= 0.6 is 0 Å². The number of hydrogen-bond acceptors (Lipinski definition) is 3. The Morgan fingerprint density at radius 3 is 1.27 bits per heavy atom. The van der Waals surface area contributed by atoms with Crippen LogP contribution in [0.2, 0.25) is 0 Å². The molecule has 0 rings (SSSR count). The van der Waals surface area contributed by atoms with Crippen molar-refractivity contribution in [1.82, 2.24) is 4.90 Å². The number of oxime groups is 1. The molecule has 280 valence electrons. The number of nitrogens with zero attached hydrogens (tertiary/aromatic N) is 2. The van der Waals surface area contributed by atoms with Crippen LogP contribution in [0.25, 0.3) is 0 Å². The van der Waals surface area contributed by atoms with Gasteiger partial charge in [-0.2, -0.15) is 0 Å². The van der Waals surface area contributed by atoms with Crippen LogP contribution in [-0.4, -0.2) is 37.4 Å². The molecule has 0 unspecified atom stereocenters. The van der Waals surface area contributed by atoms with Gasteiger partial charge in [-0.15, -0.1) is 0 Å². The van der Waals surface area contributed by atoms with E-state index >= 15 is 0 Å². The zero-order chi connectivity index (χ0) is 35.0. The van der Waals surface area contributed by atoms with Crippen molar-refractivity contribution in [3.05, 3.63) is 48.6 Å². The Morgan fingerprint density at radius 1 is 0.479 bits per heavy atom. The highest BCUT2D eigenvalue weighted by Gasteiger charge is 2.11. The maximum atomic E-state index is 6.28. The smallest absolute Gasteiger partial charge is 0.127 e. The van der Waals surface area contributed by atoms with Crippen LogP contribution in [0.15, 0.2) is 53.8 Å². The summed E-state index contributed by atoms with van der Waals surface area (Å²) >= 11 is 0. The maximum Gasteiger partial charge on any atom is 0.127 e. The largest absolute Gasteiger partial charge is 0.393 e. The van der Waals surface area contributed by atoms with Gasteiger partial charge in [-0.05, 0) is 110 Å². The summed E-state index contributed by atoms with van der Waals surface area (Å²) in [6, 6.07) is 0. The Morgan fingerprint density at radius 2 is 0.875 bits per heavy atom. The zero-order valence-electron chi connectivity index (χ0n) is 33.2. The lowest BCUT2D eigenvalue weighted by Crippen LogP contribution is -2.18. The van der Waals surface area contributed by atoms with E-state index in [1.165, 1.54) is 147 Å². The van der Waals surface area contributed by atoms with E-state index in [2.05, 4.69) is 88.4 Å². The molecule has 0 saturated heterocycles. The van der Waals surface area contributed by atoms with E-state index in [0.29, 0.717) is 0 Å². The quantitative estimate of drug-likeness (QED) is 0.0285. The van der Waals surface area contributed by atoms with Gasteiger partial charge in [0, 0.05) is 13.0 Å². The van der Waals surface area contributed by atoms with Gasteiger partial charge in [-0.25, -0.2) is 0 Å². The Labute approximate surface area is 302 Å². The molecule has 0 radical (unpaired) electrons. The Bertz CT molecular complexity index is 730. The van der Waals surface area contributed by atoms with Crippen LogP contribution in [0.3, 0.4) is 0 Å². The fourth-order valence-corrected chi connectivity index (χ4v) is 5.98. The molecule has 0 aromatic heterocycles. The standard InChI is InChI=1S/C45H84N2O/c1-6-9-11-13-15-17-19-21-23-25-27-29-31-33-35-37-40-45(48-46-44(39-8-3)42-43-47(4)5)41-38-36-34-32-30-28-26-24-22-20-18-16-14-12-10-7-2/h15-18,21-24,45H,6-14,19-20,25-43H2,1-5H3/b17-15-,18-16-,23-21-,24-22-,46-44?. The summed E-state index contributed by atoms with van der Waals surface area (Å²) in [6.45, 7) is 7.83. The van der Waals surface area contributed by atoms with Gasteiger partial charge in [0.2, 0.25) is 0 Å². The Balaban J connectivity index is 4.23. The molecule has 3 nitrogen and oxygen atoms in total. The summed E-state index contributed by atoms with van der Waals surface area (Å²) in [5.41, 5.74) is 1.24. The molecule has 0 aliphatic rings. The lowest BCUT2D eigenvalue weighted by molar-refractivity contribution is 0.0421. The molecule has 0 aliphatic heterocycles. The van der Waals surface area contributed by atoms with Crippen LogP contribution in [-0.2, 0) is 4.84 Å². The summed E-state index contributed by atoms with van der Waals surface area (Å²) in [5.74, 6) is 0. The van der Waals surface area contributed by atoms with Crippen LogP contribution in [0.1, 0.15) is 207 Å². The van der Waals surface area contributed by atoms with Crippen LogP contribution in [0.5, 0.6) is 0 Å². The van der Waals surface area contributed by atoms with E-state index in [-0.39, 0.29) is 6.10 Å². The first-order valence-corrected chi connectivity index (χ1v) is 21.1. The maximum absolute atomic E-state index is 6.28. The van der Waals surface area contributed by atoms with Crippen LogP contribution in [0.4, 0.5) is 0 Å². The average molecular weight is 669 g/mol. The van der Waals surface area contributed by atoms with Crippen molar-refractivity contribution < 1.29 is 4.84 Å². The Kier molecular flexibility index (Phi) is 38.5. The Hall–Kier alpha value is -1.61. The molecule has 0 aliphatic carbocycles. The van der Waals surface area contributed by atoms with Gasteiger partial charge in [0.25, 0.3) is 0 Å². The molecule has 0 heterocycles. The number of rotatable bonds is 37. The van der Waals surface area contributed by atoms with Gasteiger partial charge in [0.05, 0.1) is 5.71 Å². The molecule has 0 aromatic rings. The second kappa shape index (κ2) is 39.8. The first kappa shape index (κ1) is 46.4. The van der Waals surface area contributed by atoms with Crippen molar-refractivity contribution in [3.63, 3.8) is 0 Å². The average Bonchev–Trinajstić information content (AvgIpc) is 3.08. The van der Waals surface area contributed by atoms with Crippen molar-refractivity contribution >= 4 is 5.71 Å². The van der Waals surface area contributed by atoms with E-state index < -0.39 is 0 Å². The van der Waals surface area contributed by atoms with E-state index in [9.17, 15) is 0 Å². The summed E-state index contributed by atoms with van der Waals surface area (Å²) in [6.07, 6.45) is 55.9.